The summed E-state index contributed by atoms with van der Waals surface area (Å²) in [7, 11) is 3.25. The van der Waals surface area contributed by atoms with Crippen LogP contribution in [0.15, 0.2) is 42.5 Å². The van der Waals surface area contributed by atoms with E-state index >= 15 is 0 Å². The van der Waals surface area contributed by atoms with Gasteiger partial charge in [-0.15, -0.1) is 0 Å². The first-order valence-electron chi connectivity index (χ1n) is 7.27. The van der Waals surface area contributed by atoms with E-state index < -0.39 is 5.41 Å². The van der Waals surface area contributed by atoms with Gasteiger partial charge in [-0.05, 0) is 43.0 Å². The fourth-order valence-electron chi connectivity index (χ4n) is 2.81. The smallest absolute Gasteiger partial charge is 0.130 e. The molecule has 0 aliphatic heterocycles. The maximum absolute atomic E-state index is 11.8. The third kappa shape index (κ3) is 3.14. The fraction of sp³-hybridized carbons (Fsp3) is 0.316. The monoisotopic (exact) mass is 298 g/mol. The Labute approximate surface area is 131 Å². The average Bonchev–Trinajstić information content (AvgIpc) is 2.55. The zero-order chi connectivity index (χ0) is 16.2. The van der Waals surface area contributed by atoms with Crippen LogP contribution < -0.4 is 9.47 Å². The molecule has 2 rings (SSSR count). The summed E-state index contributed by atoms with van der Waals surface area (Å²) in [6, 6.07) is 13.7. The number of aldehydes is 1. The lowest BCUT2D eigenvalue weighted by atomic mass is 9.76. The van der Waals surface area contributed by atoms with Crippen LogP contribution in [-0.2, 0) is 16.6 Å². The number of hydrogen-bond donors (Lipinski definition) is 0. The van der Waals surface area contributed by atoms with Crippen molar-refractivity contribution in [2.24, 2.45) is 0 Å². The Morgan fingerprint density at radius 2 is 1.82 bits per heavy atom. The van der Waals surface area contributed by atoms with Gasteiger partial charge in [0.05, 0.1) is 19.6 Å². The number of methoxy groups -OCH3 is 2. The van der Waals surface area contributed by atoms with Crippen LogP contribution in [0.5, 0.6) is 11.5 Å². The zero-order valence-corrected chi connectivity index (χ0v) is 13.6. The molecule has 22 heavy (non-hydrogen) atoms. The lowest BCUT2D eigenvalue weighted by Gasteiger charge is -2.26. The topological polar surface area (TPSA) is 35.5 Å². The molecular weight excluding hydrogens is 276 g/mol. The number of carbonyl (C=O) groups excluding carboxylic acids is 1. The minimum atomic E-state index is -0.590. The molecule has 0 saturated heterocycles. The molecule has 0 saturated carbocycles. The summed E-state index contributed by atoms with van der Waals surface area (Å²) in [6.07, 6.45) is 1.60. The predicted molar refractivity (Wildman–Crippen MR) is 87.8 cm³/mol. The molecule has 2 aromatic rings. The second-order valence-corrected chi connectivity index (χ2v) is 5.70. The lowest BCUT2D eigenvalue weighted by Crippen LogP contribution is -2.28. The second kappa shape index (κ2) is 6.65. The van der Waals surface area contributed by atoms with E-state index in [1.807, 2.05) is 56.3 Å². The van der Waals surface area contributed by atoms with Crippen LogP contribution in [0, 0.1) is 6.92 Å². The van der Waals surface area contributed by atoms with E-state index in [1.54, 1.807) is 14.2 Å². The van der Waals surface area contributed by atoms with Crippen molar-refractivity contribution >= 4 is 6.29 Å². The number of benzene rings is 2. The minimum Gasteiger partial charge on any atom is -0.497 e. The van der Waals surface area contributed by atoms with Gasteiger partial charge in [0.1, 0.15) is 17.8 Å². The number of rotatable bonds is 6. The highest BCUT2D eigenvalue weighted by molar-refractivity contribution is 5.70. The first-order valence-corrected chi connectivity index (χ1v) is 7.27. The number of carbonyl (C=O) groups is 1. The van der Waals surface area contributed by atoms with Crippen molar-refractivity contribution in [1.29, 1.82) is 0 Å². The third-order valence-corrected chi connectivity index (χ3v) is 4.07. The van der Waals surface area contributed by atoms with E-state index in [0.29, 0.717) is 6.42 Å². The summed E-state index contributed by atoms with van der Waals surface area (Å²) in [6.45, 7) is 3.99. The molecule has 0 radical (unpaired) electrons. The molecule has 0 spiro atoms. The largest absolute Gasteiger partial charge is 0.497 e. The van der Waals surface area contributed by atoms with Gasteiger partial charge >= 0.3 is 0 Å². The predicted octanol–water partition coefficient (Wildman–Crippen LogP) is 3.71. The quantitative estimate of drug-likeness (QED) is 0.763. The Morgan fingerprint density at radius 3 is 2.41 bits per heavy atom. The highest BCUT2D eigenvalue weighted by Crippen LogP contribution is 2.33. The molecule has 0 aromatic heterocycles. The van der Waals surface area contributed by atoms with Gasteiger partial charge in [-0.2, -0.15) is 0 Å². The Morgan fingerprint density at radius 1 is 1.09 bits per heavy atom. The van der Waals surface area contributed by atoms with E-state index in [2.05, 4.69) is 0 Å². The van der Waals surface area contributed by atoms with Crippen molar-refractivity contribution in [3.8, 4) is 11.5 Å². The van der Waals surface area contributed by atoms with Gasteiger partial charge in [-0.25, -0.2) is 0 Å². The van der Waals surface area contributed by atoms with Gasteiger partial charge in [0.2, 0.25) is 0 Å². The Bertz CT molecular complexity index is 663. The average molecular weight is 298 g/mol. The van der Waals surface area contributed by atoms with Crippen molar-refractivity contribution in [2.75, 3.05) is 14.2 Å². The maximum atomic E-state index is 11.8. The highest BCUT2D eigenvalue weighted by atomic mass is 16.5. The molecule has 0 heterocycles. The molecule has 3 nitrogen and oxygen atoms in total. The van der Waals surface area contributed by atoms with Crippen LogP contribution in [0.1, 0.15) is 23.6 Å². The van der Waals surface area contributed by atoms with Crippen LogP contribution in [0.4, 0.5) is 0 Å². The summed E-state index contributed by atoms with van der Waals surface area (Å²) in [5.74, 6) is 1.48. The molecule has 2 aromatic carbocycles. The van der Waals surface area contributed by atoms with Crippen LogP contribution in [-0.4, -0.2) is 20.5 Å². The van der Waals surface area contributed by atoms with Crippen molar-refractivity contribution < 1.29 is 14.3 Å². The normalized spacial score (nSPS) is 13.3. The molecule has 0 bridgehead atoms. The number of hydrogen-bond acceptors (Lipinski definition) is 3. The summed E-state index contributed by atoms with van der Waals surface area (Å²) in [5.41, 5.74) is 2.56. The van der Waals surface area contributed by atoms with Crippen LogP contribution in [0.3, 0.4) is 0 Å². The summed E-state index contributed by atoms with van der Waals surface area (Å²) in [5, 5.41) is 0. The third-order valence-electron chi connectivity index (χ3n) is 4.07. The summed E-state index contributed by atoms with van der Waals surface area (Å²) >= 11 is 0. The highest BCUT2D eigenvalue weighted by Gasteiger charge is 2.29. The molecule has 0 aliphatic rings. The SMILES string of the molecule is COc1ccc(CC(C)(C=O)c2ccccc2C)c(OC)c1. The maximum Gasteiger partial charge on any atom is 0.130 e. The molecule has 1 atom stereocenters. The molecule has 1 unspecified atom stereocenters. The van der Waals surface area contributed by atoms with E-state index in [9.17, 15) is 4.79 Å². The molecule has 3 heteroatoms. The summed E-state index contributed by atoms with van der Waals surface area (Å²) < 4.78 is 10.7. The van der Waals surface area contributed by atoms with E-state index in [4.69, 9.17) is 9.47 Å². The molecular formula is C19H22O3. The first-order chi connectivity index (χ1) is 10.5. The Kier molecular flexibility index (Phi) is 4.86. The van der Waals surface area contributed by atoms with Crippen LogP contribution >= 0.6 is 0 Å². The second-order valence-electron chi connectivity index (χ2n) is 5.70. The number of aryl methyl sites for hydroxylation is 1. The van der Waals surface area contributed by atoms with Gasteiger partial charge in [0, 0.05) is 6.07 Å². The molecule has 116 valence electrons. The minimum absolute atomic E-state index is 0.578. The van der Waals surface area contributed by atoms with E-state index in [0.717, 1.165) is 34.5 Å². The van der Waals surface area contributed by atoms with Gasteiger partial charge in [0.15, 0.2) is 0 Å². The van der Waals surface area contributed by atoms with E-state index in [1.165, 1.54) is 0 Å². The van der Waals surface area contributed by atoms with Crippen molar-refractivity contribution in [3.63, 3.8) is 0 Å². The summed E-state index contributed by atoms with van der Waals surface area (Å²) in [4.78, 5) is 11.8. The standard InChI is InChI=1S/C19H22O3/c1-14-7-5-6-8-17(14)19(2,13-20)12-15-9-10-16(21-3)11-18(15)22-4/h5-11,13H,12H2,1-4H3. The van der Waals surface area contributed by atoms with Crippen molar-refractivity contribution in [2.45, 2.75) is 25.7 Å². The molecule has 0 N–H and O–H groups in total. The van der Waals surface area contributed by atoms with Crippen LogP contribution in [0.2, 0.25) is 0 Å². The van der Waals surface area contributed by atoms with Crippen LogP contribution in [0.25, 0.3) is 0 Å². The van der Waals surface area contributed by atoms with Gasteiger partial charge < -0.3 is 14.3 Å². The first kappa shape index (κ1) is 16.1. The molecule has 0 aliphatic carbocycles. The Hall–Kier alpha value is -2.29. The van der Waals surface area contributed by atoms with Crippen molar-refractivity contribution in [3.05, 3.63) is 59.2 Å². The lowest BCUT2D eigenvalue weighted by molar-refractivity contribution is -0.112. The molecule has 0 amide bonds. The molecule has 0 fully saturated rings. The fourth-order valence-corrected chi connectivity index (χ4v) is 2.81. The Balaban J connectivity index is 2.42. The van der Waals surface area contributed by atoms with Gasteiger partial charge in [-0.3, -0.25) is 0 Å². The zero-order valence-electron chi connectivity index (χ0n) is 13.6. The van der Waals surface area contributed by atoms with Gasteiger partial charge in [0.25, 0.3) is 0 Å². The number of ether oxygens (including phenoxy) is 2. The van der Waals surface area contributed by atoms with Crippen molar-refractivity contribution in [1.82, 2.24) is 0 Å². The van der Waals surface area contributed by atoms with Gasteiger partial charge in [-0.1, -0.05) is 30.3 Å². The van der Waals surface area contributed by atoms with E-state index in [-0.39, 0.29) is 0 Å².